The Balaban J connectivity index is 3.28. The first-order valence-corrected chi connectivity index (χ1v) is 5.19. The summed E-state index contributed by atoms with van der Waals surface area (Å²) in [7, 11) is 0. The second-order valence-corrected chi connectivity index (χ2v) is 4.12. The van der Waals surface area contributed by atoms with Gasteiger partial charge in [0.05, 0.1) is 0 Å². The molecule has 0 spiro atoms. The molecule has 0 radical (unpaired) electrons. The maximum atomic E-state index is 11.0. The van der Waals surface area contributed by atoms with Gasteiger partial charge in [-0.2, -0.15) is 0 Å². The molecule has 1 aromatic carbocycles. The monoisotopic (exact) mass is 202 g/mol. The van der Waals surface area contributed by atoms with Gasteiger partial charge in [0.2, 0.25) is 0 Å². The van der Waals surface area contributed by atoms with Crippen molar-refractivity contribution in [1.82, 2.24) is 0 Å². The van der Waals surface area contributed by atoms with E-state index in [0.29, 0.717) is 0 Å². The van der Waals surface area contributed by atoms with Crippen LogP contribution in [0.25, 0.3) is 5.57 Å². The van der Waals surface area contributed by atoms with Gasteiger partial charge in [-0.1, -0.05) is 12.1 Å². The van der Waals surface area contributed by atoms with Crippen LogP contribution in [-0.4, -0.2) is 5.78 Å². The van der Waals surface area contributed by atoms with Gasteiger partial charge in [-0.15, -0.1) is 0 Å². The maximum absolute atomic E-state index is 11.0. The van der Waals surface area contributed by atoms with Crippen molar-refractivity contribution in [2.24, 2.45) is 0 Å². The van der Waals surface area contributed by atoms with Crippen LogP contribution < -0.4 is 0 Å². The molecular weight excluding hydrogens is 184 g/mol. The molecule has 0 aliphatic heterocycles. The Morgan fingerprint density at radius 1 is 1.07 bits per heavy atom. The molecule has 0 saturated heterocycles. The van der Waals surface area contributed by atoms with E-state index >= 15 is 0 Å². The number of allylic oxidation sites excluding steroid dienone is 2. The summed E-state index contributed by atoms with van der Waals surface area (Å²) >= 11 is 0. The lowest BCUT2D eigenvalue weighted by Gasteiger charge is -2.11. The predicted molar refractivity (Wildman–Crippen MR) is 65.0 cm³/mol. The zero-order chi connectivity index (χ0) is 11.6. The molecule has 1 rings (SSSR count). The number of rotatable bonds is 2. The first-order chi connectivity index (χ1) is 6.93. The fourth-order valence-corrected chi connectivity index (χ4v) is 1.77. The van der Waals surface area contributed by atoms with E-state index < -0.39 is 0 Å². The molecule has 0 atom stereocenters. The molecule has 1 aromatic rings. The first-order valence-electron chi connectivity index (χ1n) is 5.19. The lowest BCUT2D eigenvalue weighted by Crippen LogP contribution is -1.94. The normalized spacial score (nSPS) is 11.7. The van der Waals surface area contributed by atoms with Crippen LogP contribution >= 0.6 is 0 Å². The van der Waals surface area contributed by atoms with Crippen molar-refractivity contribution in [2.75, 3.05) is 0 Å². The van der Waals surface area contributed by atoms with Gasteiger partial charge < -0.3 is 0 Å². The maximum Gasteiger partial charge on any atom is 0.152 e. The van der Waals surface area contributed by atoms with E-state index in [2.05, 4.69) is 32.9 Å². The zero-order valence-corrected chi connectivity index (χ0v) is 10.1. The Bertz CT molecular complexity index is 425. The Kier molecular flexibility index (Phi) is 3.46. The van der Waals surface area contributed by atoms with Crippen molar-refractivity contribution in [2.45, 2.75) is 34.6 Å². The third-order valence-electron chi connectivity index (χ3n) is 2.90. The van der Waals surface area contributed by atoms with Gasteiger partial charge >= 0.3 is 0 Å². The number of aryl methyl sites for hydroxylation is 1. The second-order valence-electron chi connectivity index (χ2n) is 4.12. The molecule has 0 N–H and O–H groups in total. The van der Waals surface area contributed by atoms with Crippen LogP contribution in [0.4, 0.5) is 0 Å². The highest BCUT2D eigenvalue weighted by atomic mass is 16.1. The van der Waals surface area contributed by atoms with Crippen molar-refractivity contribution < 1.29 is 4.79 Å². The van der Waals surface area contributed by atoms with E-state index in [-0.39, 0.29) is 5.78 Å². The summed E-state index contributed by atoms with van der Waals surface area (Å²) in [5, 5.41) is 0. The summed E-state index contributed by atoms with van der Waals surface area (Å²) in [6.45, 7) is 9.90. The average molecular weight is 202 g/mol. The highest BCUT2D eigenvalue weighted by Gasteiger charge is 2.05. The zero-order valence-electron chi connectivity index (χ0n) is 10.1. The number of carbonyl (C=O) groups excluding carboxylic acids is 1. The molecule has 80 valence electrons. The van der Waals surface area contributed by atoms with Crippen LogP contribution in [0.3, 0.4) is 0 Å². The van der Waals surface area contributed by atoms with Crippen molar-refractivity contribution in [1.29, 1.82) is 0 Å². The van der Waals surface area contributed by atoms with Crippen LogP contribution in [0.5, 0.6) is 0 Å². The molecule has 0 aliphatic carbocycles. The highest BCUT2D eigenvalue weighted by Crippen LogP contribution is 2.23. The number of hydrogen-bond donors (Lipinski definition) is 0. The van der Waals surface area contributed by atoms with E-state index in [0.717, 1.165) is 5.57 Å². The molecular formula is C14H18O. The number of hydrogen-bond acceptors (Lipinski definition) is 1. The summed E-state index contributed by atoms with van der Waals surface area (Å²) in [4.78, 5) is 11.0. The molecule has 0 bridgehead atoms. The smallest absolute Gasteiger partial charge is 0.152 e. The molecule has 1 heteroatoms. The fraction of sp³-hybridized carbons (Fsp3) is 0.357. The Hall–Kier alpha value is -1.37. The van der Waals surface area contributed by atoms with Crippen LogP contribution in [0, 0.1) is 20.8 Å². The Morgan fingerprint density at radius 2 is 1.67 bits per heavy atom. The molecule has 0 unspecified atom stereocenters. The number of ketones is 1. The molecule has 0 amide bonds. The van der Waals surface area contributed by atoms with E-state index in [1.165, 1.54) is 22.3 Å². The quantitative estimate of drug-likeness (QED) is 0.670. The molecule has 0 aromatic heterocycles. The van der Waals surface area contributed by atoms with Crippen molar-refractivity contribution in [3.8, 4) is 0 Å². The summed E-state index contributed by atoms with van der Waals surface area (Å²) in [5.41, 5.74) is 6.09. The van der Waals surface area contributed by atoms with Gasteiger partial charge in [0.1, 0.15) is 0 Å². The van der Waals surface area contributed by atoms with Crippen LogP contribution in [-0.2, 0) is 4.79 Å². The van der Waals surface area contributed by atoms with Crippen molar-refractivity contribution in [3.63, 3.8) is 0 Å². The third-order valence-corrected chi connectivity index (χ3v) is 2.90. The van der Waals surface area contributed by atoms with E-state index in [4.69, 9.17) is 0 Å². The average Bonchev–Trinajstić information content (AvgIpc) is 2.13. The number of carbonyl (C=O) groups is 1. The van der Waals surface area contributed by atoms with E-state index in [1.807, 2.05) is 6.92 Å². The SMILES string of the molecule is CC(=O)/C=C(\C)c1ccc(C)c(C)c1C. The minimum absolute atomic E-state index is 0.102. The van der Waals surface area contributed by atoms with Gasteiger partial charge in [-0.3, -0.25) is 4.79 Å². The van der Waals surface area contributed by atoms with Gasteiger partial charge in [0.25, 0.3) is 0 Å². The molecule has 0 heterocycles. The van der Waals surface area contributed by atoms with Crippen LogP contribution in [0.15, 0.2) is 18.2 Å². The molecule has 0 aliphatic rings. The number of benzene rings is 1. The summed E-state index contributed by atoms with van der Waals surface area (Å²) in [6.07, 6.45) is 1.69. The van der Waals surface area contributed by atoms with Crippen LogP contribution in [0.1, 0.15) is 36.1 Å². The Morgan fingerprint density at radius 3 is 2.20 bits per heavy atom. The largest absolute Gasteiger partial charge is 0.295 e. The van der Waals surface area contributed by atoms with Gasteiger partial charge in [0, 0.05) is 0 Å². The summed E-state index contributed by atoms with van der Waals surface area (Å²) < 4.78 is 0. The molecule has 1 nitrogen and oxygen atoms in total. The third kappa shape index (κ3) is 2.56. The highest BCUT2D eigenvalue weighted by molar-refractivity contribution is 5.95. The van der Waals surface area contributed by atoms with E-state index in [1.54, 1.807) is 13.0 Å². The first kappa shape index (κ1) is 11.7. The molecule has 15 heavy (non-hydrogen) atoms. The van der Waals surface area contributed by atoms with Gasteiger partial charge in [-0.25, -0.2) is 0 Å². The lowest BCUT2D eigenvalue weighted by molar-refractivity contribution is -0.112. The summed E-state index contributed by atoms with van der Waals surface area (Å²) in [5.74, 6) is 0.102. The fourth-order valence-electron chi connectivity index (χ4n) is 1.77. The summed E-state index contributed by atoms with van der Waals surface area (Å²) in [6, 6.07) is 4.20. The topological polar surface area (TPSA) is 17.1 Å². The molecule has 0 saturated carbocycles. The van der Waals surface area contributed by atoms with Crippen LogP contribution in [0.2, 0.25) is 0 Å². The standard InChI is InChI=1S/C14H18O/c1-9-6-7-14(13(5)12(9)4)10(2)8-11(3)15/h6-8H,1-5H3/b10-8+. The minimum Gasteiger partial charge on any atom is -0.295 e. The van der Waals surface area contributed by atoms with Crippen molar-refractivity contribution >= 4 is 11.4 Å². The van der Waals surface area contributed by atoms with Crippen molar-refractivity contribution in [3.05, 3.63) is 40.5 Å². The van der Waals surface area contributed by atoms with E-state index in [9.17, 15) is 4.79 Å². The minimum atomic E-state index is 0.102. The lowest BCUT2D eigenvalue weighted by atomic mass is 9.94. The predicted octanol–water partition coefficient (Wildman–Crippen LogP) is 3.60. The second kappa shape index (κ2) is 4.43. The Labute approximate surface area is 91.8 Å². The van der Waals surface area contributed by atoms with Gasteiger partial charge in [0.15, 0.2) is 5.78 Å². The van der Waals surface area contributed by atoms with Gasteiger partial charge in [-0.05, 0) is 68.5 Å². The molecule has 0 fully saturated rings.